The summed E-state index contributed by atoms with van der Waals surface area (Å²) in [5.74, 6) is -0.0770. The van der Waals surface area contributed by atoms with Gasteiger partial charge in [-0.2, -0.15) is 0 Å². The number of carbonyl (C=O) groups excluding carboxylic acids is 1. The van der Waals surface area contributed by atoms with Crippen LogP contribution in [0.1, 0.15) is 15.4 Å². The van der Waals surface area contributed by atoms with Gasteiger partial charge in [0.05, 0.1) is 10.3 Å². The summed E-state index contributed by atoms with van der Waals surface area (Å²) in [4.78, 5) is 22.6. The molecule has 94 valence electrons. The summed E-state index contributed by atoms with van der Waals surface area (Å²) in [5, 5.41) is 0. The third kappa shape index (κ3) is 2.85. The highest BCUT2D eigenvalue weighted by Crippen LogP contribution is 2.23. The second kappa shape index (κ2) is 5.45. The Morgan fingerprint density at radius 2 is 2.17 bits per heavy atom. The van der Waals surface area contributed by atoms with Gasteiger partial charge in [0.25, 0.3) is 5.91 Å². The second-order valence-corrected chi connectivity index (χ2v) is 6.20. The largest absolute Gasteiger partial charge is 0.382 e. The van der Waals surface area contributed by atoms with Crippen LogP contribution >= 0.6 is 27.3 Å². The molecule has 2 aromatic rings. The van der Waals surface area contributed by atoms with E-state index in [2.05, 4.69) is 25.9 Å². The van der Waals surface area contributed by atoms with Gasteiger partial charge in [0.2, 0.25) is 0 Å². The van der Waals surface area contributed by atoms with E-state index in [0.29, 0.717) is 6.54 Å². The number of aromatic nitrogens is 2. The number of nitrogens with two attached hydrogens (primary N) is 1. The van der Waals surface area contributed by atoms with Crippen molar-refractivity contribution in [2.45, 2.75) is 6.54 Å². The van der Waals surface area contributed by atoms with Crippen LogP contribution in [0, 0.1) is 0 Å². The molecule has 7 heteroatoms. The number of rotatable bonds is 3. The van der Waals surface area contributed by atoms with Crippen LogP contribution < -0.4 is 5.73 Å². The molecule has 0 spiro atoms. The topological polar surface area (TPSA) is 72.1 Å². The van der Waals surface area contributed by atoms with Crippen LogP contribution in [0.4, 0.5) is 5.82 Å². The Balaban J connectivity index is 2.12. The lowest BCUT2D eigenvalue weighted by atomic mass is 10.3. The Labute approximate surface area is 117 Å². The fraction of sp³-hybridized carbons (Fsp3) is 0.182. The lowest BCUT2D eigenvalue weighted by Gasteiger charge is -2.16. The highest BCUT2D eigenvalue weighted by Gasteiger charge is 2.17. The van der Waals surface area contributed by atoms with Gasteiger partial charge in [-0.25, -0.2) is 9.97 Å². The maximum Gasteiger partial charge on any atom is 0.276 e. The number of halogens is 1. The zero-order chi connectivity index (χ0) is 13.1. The van der Waals surface area contributed by atoms with E-state index in [-0.39, 0.29) is 17.4 Å². The predicted octanol–water partition coefficient (Wildman–Crippen LogP) is 2.15. The molecular weight excluding hydrogens is 316 g/mol. The standard InChI is InChI=1S/C11H11BrN4OS/c1-16(6-7-2-3-8(12)18-7)11(17)9-10(13)15-5-4-14-9/h2-5H,6H2,1H3,(H2,13,15). The number of hydrogen-bond acceptors (Lipinski definition) is 5. The molecule has 0 aromatic carbocycles. The quantitative estimate of drug-likeness (QED) is 0.938. The minimum Gasteiger partial charge on any atom is -0.382 e. The Hall–Kier alpha value is -1.47. The summed E-state index contributed by atoms with van der Waals surface area (Å²) >= 11 is 4.98. The van der Waals surface area contributed by atoms with Gasteiger partial charge in [-0.1, -0.05) is 0 Å². The van der Waals surface area contributed by atoms with Gasteiger partial charge < -0.3 is 10.6 Å². The summed E-state index contributed by atoms with van der Waals surface area (Å²) in [7, 11) is 1.71. The molecule has 2 heterocycles. The fourth-order valence-corrected chi connectivity index (χ4v) is 2.97. The van der Waals surface area contributed by atoms with E-state index in [1.54, 1.807) is 23.3 Å². The molecule has 0 radical (unpaired) electrons. The molecule has 2 aromatic heterocycles. The molecule has 0 bridgehead atoms. The van der Waals surface area contributed by atoms with Crippen LogP contribution in [0.5, 0.6) is 0 Å². The number of thiophene rings is 1. The maximum absolute atomic E-state index is 12.1. The van der Waals surface area contributed by atoms with E-state index in [9.17, 15) is 4.79 Å². The monoisotopic (exact) mass is 326 g/mol. The van der Waals surface area contributed by atoms with Crippen LogP contribution in [0.3, 0.4) is 0 Å². The second-order valence-electron chi connectivity index (χ2n) is 3.66. The Bertz CT molecular complexity index is 572. The lowest BCUT2D eigenvalue weighted by molar-refractivity contribution is 0.0781. The van der Waals surface area contributed by atoms with E-state index in [1.807, 2.05) is 12.1 Å². The van der Waals surface area contributed by atoms with Gasteiger partial charge in [0.15, 0.2) is 11.5 Å². The molecule has 0 aliphatic rings. The Kier molecular flexibility index (Phi) is 3.93. The first-order valence-electron chi connectivity index (χ1n) is 5.14. The van der Waals surface area contributed by atoms with Crippen LogP contribution in [0.2, 0.25) is 0 Å². The fourth-order valence-electron chi connectivity index (χ4n) is 1.44. The number of anilines is 1. The van der Waals surface area contributed by atoms with E-state index in [4.69, 9.17) is 5.73 Å². The molecule has 0 aliphatic carbocycles. The minimum atomic E-state index is -0.231. The van der Waals surface area contributed by atoms with E-state index >= 15 is 0 Å². The van der Waals surface area contributed by atoms with Crippen molar-refractivity contribution in [3.05, 3.63) is 38.9 Å². The first-order chi connectivity index (χ1) is 8.58. The van der Waals surface area contributed by atoms with Gasteiger partial charge in [-0.3, -0.25) is 4.79 Å². The van der Waals surface area contributed by atoms with Crippen molar-refractivity contribution in [1.29, 1.82) is 0 Å². The van der Waals surface area contributed by atoms with Crippen molar-refractivity contribution in [2.24, 2.45) is 0 Å². The first-order valence-corrected chi connectivity index (χ1v) is 6.75. The van der Waals surface area contributed by atoms with Gasteiger partial charge >= 0.3 is 0 Å². The lowest BCUT2D eigenvalue weighted by Crippen LogP contribution is -2.27. The van der Waals surface area contributed by atoms with Crippen molar-refractivity contribution in [3.8, 4) is 0 Å². The van der Waals surface area contributed by atoms with Crippen molar-refractivity contribution < 1.29 is 4.79 Å². The molecular formula is C11H11BrN4OS. The Morgan fingerprint density at radius 1 is 1.44 bits per heavy atom. The van der Waals surface area contributed by atoms with Crippen molar-refractivity contribution in [3.63, 3.8) is 0 Å². The SMILES string of the molecule is CN(Cc1ccc(Br)s1)C(=O)c1nccnc1N. The third-order valence-electron chi connectivity index (χ3n) is 2.30. The molecule has 2 rings (SSSR count). The average Bonchev–Trinajstić information content (AvgIpc) is 2.74. The number of nitrogens with zero attached hydrogens (tertiary/aromatic N) is 3. The number of carbonyl (C=O) groups is 1. The van der Waals surface area contributed by atoms with Crippen LogP contribution in [-0.4, -0.2) is 27.8 Å². The third-order valence-corrected chi connectivity index (χ3v) is 3.91. The van der Waals surface area contributed by atoms with E-state index in [1.165, 1.54) is 12.4 Å². The van der Waals surface area contributed by atoms with Gasteiger partial charge in [-0.05, 0) is 28.1 Å². The number of amides is 1. The predicted molar refractivity (Wildman–Crippen MR) is 74.3 cm³/mol. The molecule has 0 fully saturated rings. The van der Waals surface area contributed by atoms with Crippen molar-refractivity contribution >= 4 is 39.0 Å². The van der Waals surface area contributed by atoms with Crippen LogP contribution in [0.15, 0.2) is 28.3 Å². The summed E-state index contributed by atoms with van der Waals surface area (Å²) < 4.78 is 1.04. The van der Waals surface area contributed by atoms with E-state index in [0.717, 1.165) is 8.66 Å². The van der Waals surface area contributed by atoms with Crippen molar-refractivity contribution in [1.82, 2.24) is 14.9 Å². The molecule has 1 amide bonds. The van der Waals surface area contributed by atoms with Crippen LogP contribution in [-0.2, 0) is 6.54 Å². The molecule has 0 atom stereocenters. The van der Waals surface area contributed by atoms with Gasteiger partial charge in [0.1, 0.15) is 0 Å². The molecule has 18 heavy (non-hydrogen) atoms. The summed E-state index contributed by atoms with van der Waals surface area (Å²) in [5.41, 5.74) is 5.82. The maximum atomic E-state index is 12.1. The molecule has 2 N–H and O–H groups in total. The highest BCUT2D eigenvalue weighted by atomic mass is 79.9. The van der Waals surface area contributed by atoms with Crippen molar-refractivity contribution in [2.75, 3.05) is 12.8 Å². The molecule has 0 saturated heterocycles. The average molecular weight is 327 g/mol. The number of hydrogen-bond donors (Lipinski definition) is 1. The molecule has 5 nitrogen and oxygen atoms in total. The smallest absolute Gasteiger partial charge is 0.276 e. The number of nitrogen functional groups attached to an aromatic ring is 1. The molecule has 0 aliphatic heterocycles. The highest BCUT2D eigenvalue weighted by molar-refractivity contribution is 9.11. The normalized spacial score (nSPS) is 10.3. The zero-order valence-electron chi connectivity index (χ0n) is 9.63. The minimum absolute atomic E-state index is 0.154. The summed E-state index contributed by atoms with van der Waals surface area (Å²) in [6, 6.07) is 3.92. The first kappa shape index (κ1) is 13.0. The van der Waals surface area contributed by atoms with Gasteiger partial charge in [-0.15, -0.1) is 11.3 Å². The summed E-state index contributed by atoms with van der Waals surface area (Å²) in [6.07, 6.45) is 2.92. The van der Waals surface area contributed by atoms with Gasteiger partial charge in [0, 0.05) is 24.3 Å². The molecule has 0 saturated carbocycles. The summed E-state index contributed by atoms with van der Waals surface area (Å²) in [6.45, 7) is 0.519. The Morgan fingerprint density at radius 3 is 2.78 bits per heavy atom. The van der Waals surface area contributed by atoms with Crippen LogP contribution in [0.25, 0.3) is 0 Å². The zero-order valence-corrected chi connectivity index (χ0v) is 12.0. The van der Waals surface area contributed by atoms with E-state index < -0.39 is 0 Å². The molecule has 0 unspecified atom stereocenters.